The topological polar surface area (TPSA) is 3.24 Å². The molecule has 0 saturated carbocycles. The van der Waals surface area contributed by atoms with E-state index in [9.17, 15) is 0 Å². The van der Waals surface area contributed by atoms with Crippen molar-refractivity contribution < 1.29 is 0 Å². The maximum atomic E-state index is 6.46. The van der Waals surface area contributed by atoms with Crippen LogP contribution in [0.15, 0.2) is 18.2 Å². The maximum absolute atomic E-state index is 6.46. The van der Waals surface area contributed by atoms with Crippen LogP contribution < -0.4 is 0 Å². The van der Waals surface area contributed by atoms with Crippen molar-refractivity contribution >= 4 is 11.6 Å². The highest BCUT2D eigenvalue weighted by atomic mass is 35.5. The Morgan fingerprint density at radius 1 is 1.24 bits per heavy atom. The molecule has 0 spiro atoms. The third-order valence-electron chi connectivity index (χ3n) is 3.26. The molecule has 1 aromatic carbocycles. The number of benzene rings is 1. The highest BCUT2D eigenvalue weighted by Crippen LogP contribution is 2.23. The van der Waals surface area contributed by atoms with Gasteiger partial charge in [-0.05, 0) is 50.6 Å². The lowest BCUT2D eigenvalue weighted by Crippen LogP contribution is -2.23. The van der Waals surface area contributed by atoms with Crippen molar-refractivity contribution in [1.29, 1.82) is 0 Å². The van der Waals surface area contributed by atoms with E-state index in [1.54, 1.807) is 0 Å². The van der Waals surface area contributed by atoms with E-state index in [0.29, 0.717) is 0 Å². The molecule has 0 radical (unpaired) electrons. The normalized spacial score (nSPS) is 13.1. The zero-order valence-electron chi connectivity index (χ0n) is 11.5. The molecule has 1 aromatic rings. The molecule has 0 fully saturated rings. The lowest BCUT2D eigenvalue weighted by molar-refractivity contribution is 0.328. The van der Waals surface area contributed by atoms with Crippen LogP contribution in [0.2, 0.25) is 0 Å². The van der Waals surface area contributed by atoms with Crippen molar-refractivity contribution in [1.82, 2.24) is 4.90 Å². The van der Waals surface area contributed by atoms with E-state index in [1.165, 1.54) is 29.5 Å². The zero-order valence-corrected chi connectivity index (χ0v) is 12.2. The van der Waals surface area contributed by atoms with Crippen LogP contribution in [-0.4, -0.2) is 25.0 Å². The Morgan fingerprint density at radius 3 is 2.53 bits per heavy atom. The number of alkyl halides is 1. The largest absolute Gasteiger partial charge is 0.305 e. The minimum atomic E-state index is 0.0937. The average molecular weight is 254 g/mol. The fourth-order valence-corrected chi connectivity index (χ4v) is 2.23. The van der Waals surface area contributed by atoms with Crippen LogP contribution in [0.25, 0.3) is 0 Å². The molecular formula is C15H24ClN. The van der Waals surface area contributed by atoms with Gasteiger partial charge in [-0.25, -0.2) is 0 Å². The van der Waals surface area contributed by atoms with Crippen molar-refractivity contribution in [3.63, 3.8) is 0 Å². The molecule has 0 heterocycles. The summed E-state index contributed by atoms with van der Waals surface area (Å²) in [4.78, 5) is 2.32. The van der Waals surface area contributed by atoms with Crippen LogP contribution in [-0.2, 0) is 0 Å². The number of halogens is 1. The molecule has 0 saturated heterocycles. The molecule has 0 aliphatic heterocycles. The first kappa shape index (κ1) is 14.5. The highest BCUT2D eigenvalue weighted by Gasteiger charge is 2.11. The molecule has 0 aromatic heterocycles. The number of unbranched alkanes of at least 4 members (excludes halogenated alkanes) is 1. The molecule has 17 heavy (non-hydrogen) atoms. The van der Waals surface area contributed by atoms with E-state index in [0.717, 1.165) is 13.1 Å². The summed E-state index contributed by atoms with van der Waals surface area (Å²) in [5.41, 5.74) is 3.89. The predicted molar refractivity (Wildman–Crippen MR) is 76.9 cm³/mol. The van der Waals surface area contributed by atoms with Gasteiger partial charge in [-0.2, -0.15) is 0 Å². The zero-order chi connectivity index (χ0) is 12.8. The Labute approximate surface area is 111 Å². The van der Waals surface area contributed by atoms with E-state index < -0.39 is 0 Å². The van der Waals surface area contributed by atoms with Crippen molar-refractivity contribution in [2.45, 2.75) is 39.0 Å². The predicted octanol–water partition coefficient (Wildman–Crippen LogP) is 4.32. The molecule has 1 rings (SSSR count). The monoisotopic (exact) mass is 253 g/mol. The molecule has 0 aliphatic rings. The molecule has 1 unspecified atom stereocenters. The van der Waals surface area contributed by atoms with Gasteiger partial charge in [-0.15, -0.1) is 11.6 Å². The van der Waals surface area contributed by atoms with Crippen molar-refractivity contribution in [2.24, 2.45) is 0 Å². The molecule has 1 nitrogen and oxygen atoms in total. The van der Waals surface area contributed by atoms with Gasteiger partial charge in [0.1, 0.15) is 0 Å². The fraction of sp³-hybridized carbons (Fsp3) is 0.600. The maximum Gasteiger partial charge on any atom is 0.0712 e. The van der Waals surface area contributed by atoms with Gasteiger partial charge in [0.05, 0.1) is 5.38 Å². The summed E-state index contributed by atoms with van der Waals surface area (Å²) in [6, 6.07) is 6.51. The summed E-state index contributed by atoms with van der Waals surface area (Å²) in [7, 11) is 2.14. The van der Waals surface area contributed by atoms with Gasteiger partial charge in [-0.3, -0.25) is 0 Å². The van der Waals surface area contributed by atoms with Gasteiger partial charge in [0.2, 0.25) is 0 Å². The lowest BCUT2D eigenvalue weighted by atomic mass is 10.0. The van der Waals surface area contributed by atoms with Crippen LogP contribution in [0.4, 0.5) is 0 Å². The Morgan fingerprint density at radius 2 is 1.94 bits per heavy atom. The number of rotatable bonds is 6. The molecule has 2 heteroatoms. The molecule has 96 valence electrons. The van der Waals surface area contributed by atoms with E-state index >= 15 is 0 Å². The standard InChI is InChI=1S/C15H24ClN/c1-5-6-9-17(4)11-15(16)14-8-7-12(2)13(3)10-14/h7-8,10,15H,5-6,9,11H2,1-4H3. The van der Waals surface area contributed by atoms with Crippen molar-refractivity contribution in [3.05, 3.63) is 34.9 Å². The van der Waals surface area contributed by atoms with Crippen LogP contribution >= 0.6 is 11.6 Å². The van der Waals surface area contributed by atoms with E-state index in [4.69, 9.17) is 11.6 Å². The molecule has 1 atom stereocenters. The summed E-state index contributed by atoms with van der Waals surface area (Å²) >= 11 is 6.46. The first-order valence-corrected chi connectivity index (χ1v) is 6.88. The quantitative estimate of drug-likeness (QED) is 0.683. The van der Waals surface area contributed by atoms with E-state index in [1.807, 2.05) is 0 Å². The second kappa shape index (κ2) is 7.03. The van der Waals surface area contributed by atoms with Crippen LogP contribution in [0.5, 0.6) is 0 Å². The summed E-state index contributed by atoms with van der Waals surface area (Å²) in [5.74, 6) is 0. The van der Waals surface area contributed by atoms with Gasteiger partial charge >= 0.3 is 0 Å². The minimum Gasteiger partial charge on any atom is -0.305 e. The Kier molecular flexibility index (Phi) is 6.01. The number of hydrogen-bond donors (Lipinski definition) is 0. The third kappa shape index (κ3) is 4.69. The van der Waals surface area contributed by atoms with Crippen LogP contribution in [0, 0.1) is 13.8 Å². The molecule has 0 bridgehead atoms. The molecule has 0 aliphatic carbocycles. The van der Waals surface area contributed by atoms with Gasteiger partial charge in [0.25, 0.3) is 0 Å². The first-order chi connectivity index (χ1) is 8.04. The number of nitrogens with zero attached hydrogens (tertiary/aromatic N) is 1. The third-order valence-corrected chi connectivity index (χ3v) is 3.65. The SMILES string of the molecule is CCCCN(C)CC(Cl)c1ccc(C)c(C)c1. The van der Waals surface area contributed by atoms with E-state index in [-0.39, 0.29) is 5.38 Å². The molecular weight excluding hydrogens is 230 g/mol. The average Bonchev–Trinajstić information content (AvgIpc) is 2.30. The Balaban J connectivity index is 2.57. The number of hydrogen-bond acceptors (Lipinski definition) is 1. The number of aryl methyl sites for hydroxylation is 2. The summed E-state index contributed by atoms with van der Waals surface area (Å²) in [6.07, 6.45) is 2.48. The smallest absolute Gasteiger partial charge is 0.0712 e. The first-order valence-electron chi connectivity index (χ1n) is 6.44. The second-order valence-electron chi connectivity index (χ2n) is 4.93. The van der Waals surface area contributed by atoms with Gasteiger partial charge in [-0.1, -0.05) is 31.5 Å². The Hall–Kier alpha value is -0.530. The lowest BCUT2D eigenvalue weighted by Gasteiger charge is -2.20. The summed E-state index contributed by atoms with van der Waals surface area (Å²) in [6.45, 7) is 8.54. The van der Waals surface area contributed by atoms with Crippen LogP contribution in [0.3, 0.4) is 0 Å². The van der Waals surface area contributed by atoms with Gasteiger partial charge in [0.15, 0.2) is 0 Å². The van der Waals surface area contributed by atoms with E-state index in [2.05, 4.69) is 50.9 Å². The van der Waals surface area contributed by atoms with Crippen molar-refractivity contribution in [2.75, 3.05) is 20.1 Å². The Bertz CT molecular complexity index is 349. The summed E-state index contributed by atoms with van der Waals surface area (Å²) in [5, 5.41) is 0.0937. The fourth-order valence-electron chi connectivity index (χ4n) is 1.86. The van der Waals surface area contributed by atoms with Crippen LogP contribution in [0.1, 0.15) is 41.8 Å². The highest BCUT2D eigenvalue weighted by molar-refractivity contribution is 6.21. The van der Waals surface area contributed by atoms with Gasteiger partial charge < -0.3 is 4.90 Å². The second-order valence-corrected chi connectivity index (χ2v) is 5.45. The molecule has 0 N–H and O–H groups in total. The number of likely N-dealkylation sites (N-methyl/N-ethyl adjacent to an activating group) is 1. The minimum absolute atomic E-state index is 0.0937. The van der Waals surface area contributed by atoms with Gasteiger partial charge in [0, 0.05) is 6.54 Å². The molecule has 0 amide bonds. The van der Waals surface area contributed by atoms with Crippen molar-refractivity contribution in [3.8, 4) is 0 Å². The summed E-state index contributed by atoms with van der Waals surface area (Å²) < 4.78 is 0.